The molecule has 1 unspecified atom stereocenters. The molecular weight excluding hydrogens is 503 g/mol. The van der Waals surface area contributed by atoms with Crippen LogP contribution in [-0.2, 0) is 11.8 Å². The van der Waals surface area contributed by atoms with Crippen LogP contribution in [0.5, 0.6) is 0 Å². The number of unbranched alkanes of at least 4 members (excludes halogenated alkanes) is 12. The summed E-state index contributed by atoms with van der Waals surface area (Å²) < 4.78 is 2.15. The molecule has 0 spiro atoms. The van der Waals surface area contributed by atoms with E-state index in [9.17, 15) is 4.79 Å². The van der Waals surface area contributed by atoms with Crippen LogP contribution >= 0.6 is 11.8 Å². The first kappa shape index (κ1) is 27.7. The van der Waals surface area contributed by atoms with Crippen molar-refractivity contribution in [3.63, 3.8) is 0 Å². The number of pyridine rings is 1. The zero-order valence-electron chi connectivity index (χ0n) is 19.3. The van der Waals surface area contributed by atoms with Crippen molar-refractivity contribution in [3.8, 4) is 0 Å². The average Bonchev–Trinajstić information content (AvgIpc) is 3.21. The lowest BCUT2D eigenvalue weighted by atomic mass is 10.0. The van der Waals surface area contributed by atoms with Crippen LogP contribution in [0.25, 0.3) is 0 Å². The fourth-order valence-corrected chi connectivity index (χ4v) is 5.55. The molecule has 1 aliphatic rings. The zero-order chi connectivity index (χ0) is 20.7. The highest BCUT2D eigenvalue weighted by Crippen LogP contribution is 2.36. The number of amides is 1. The van der Waals surface area contributed by atoms with Crippen molar-refractivity contribution in [2.24, 2.45) is 7.05 Å². The minimum Gasteiger partial charge on any atom is -1.00 e. The first-order valence-electron chi connectivity index (χ1n) is 12.1. The van der Waals surface area contributed by atoms with E-state index < -0.39 is 0 Å². The number of hydrogen-bond acceptors (Lipinski definition) is 2. The van der Waals surface area contributed by atoms with Gasteiger partial charge in [0.25, 0.3) is 0 Å². The molecule has 1 aromatic heterocycles. The monoisotopic (exact) mass is 546 g/mol. The molecule has 1 fully saturated rings. The molecule has 3 nitrogen and oxygen atoms in total. The Labute approximate surface area is 206 Å². The molecule has 1 saturated heterocycles. The van der Waals surface area contributed by atoms with Crippen molar-refractivity contribution in [2.75, 3.05) is 12.3 Å². The van der Waals surface area contributed by atoms with Crippen LogP contribution in [0.1, 0.15) is 108 Å². The molecule has 1 aromatic rings. The van der Waals surface area contributed by atoms with E-state index in [0.717, 1.165) is 18.7 Å². The summed E-state index contributed by atoms with van der Waals surface area (Å²) in [4.78, 5) is 14.8. The van der Waals surface area contributed by atoms with Gasteiger partial charge in [-0.1, -0.05) is 84.0 Å². The van der Waals surface area contributed by atoms with Crippen molar-refractivity contribution in [1.82, 2.24) is 4.90 Å². The topological polar surface area (TPSA) is 24.2 Å². The number of carbonyl (C=O) groups is 1. The highest BCUT2D eigenvalue weighted by atomic mass is 127. The summed E-state index contributed by atoms with van der Waals surface area (Å²) in [6.45, 7) is 3.17. The molecule has 0 radical (unpaired) electrons. The number of rotatable bonds is 15. The van der Waals surface area contributed by atoms with Gasteiger partial charge in [-0.05, 0) is 12.5 Å². The number of halogens is 1. The van der Waals surface area contributed by atoms with Crippen molar-refractivity contribution >= 4 is 17.7 Å². The van der Waals surface area contributed by atoms with Gasteiger partial charge in [-0.3, -0.25) is 4.79 Å². The highest BCUT2D eigenvalue weighted by Gasteiger charge is 2.34. The molecule has 1 atom stereocenters. The fourth-order valence-electron chi connectivity index (χ4n) is 4.20. The van der Waals surface area contributed by atoms with Gasteiger partial charge >= 0.3 is 0 Å². The molecule has 1 amide bonds. The van der Waals surface area contributed by atoms with E-state index in [1.807, 2.05) is 17.8 Å². The zero-order valence-corrected chi connectivity index (χ0v) is 22.3. The molecule has 0 bridgehead atoms. The number of hydrogen-bond donors (Lipinski definition) is 0. The number of thioether (sulfide) groups is 1. The minimum atomic E-state index is 0. The van der Waals surface area contributed by atoms with E-state index >= 15 is 0 Å². The fraction of sp³-hybridized carbons (Fsp3) is 0.760. The lowest BCUT2D eigenvalue weighted by Crippen LogP contribution is -3.00. The first-order chi connectivity index (χ1) is 14.2. The normalized spacial score (nSPS) is 15.9. The van der Waals surface area contributed by atoms with Gasteiger partial charge in [0.1, 0.15) is 7.05 Å². The molecule has 5 heteroatoms. The van der Waals surface area contributed by atoms with Crippen molar-refractivity contribution < 1.29 is 33.3 Å². The number of nitrogens with zero attached hydrogens (tertiary/aromatic N) is 2. The van der Waals surface area contributed by atoms with Crippen molar-refractivity contribution in [1.29, 1.82) is 0 Å². The van der Waals surface area contributed by atoms with Crippen LogP contribution in [0, 0.1) is 0 Å². The summed E-state index contributed by atoms with van der Waals surface area (Å²) >= 11 is 1.89. The molecule has 30 heavy (non-hydrogen) atoms. The Morgan fingerprint density at radius 1 is 0.967 bits per heavy atom. The molecule has 1 aliphatic heterocycles. The third kappa shape index (κ3) is 10.3. The summed E-state index contributed by atoms with van der Waals surface area (Å²) in [5.74, 6) is 1.39. The standard InChI is InChI=1S/C25H43N2OS.HI/c1-3-4-5-6-7-8-9-10-11-12-13-14-15-19-24(28)27-21-22-29-25(27)23-18-16-17-20-26(23)2;/h16-18,20,25H,3-15,19,21-22H2,1-2H3;1H/q+1;/p-1. The molecule has 0 saturated carbocycles. The second kappa shape index (κ2) is 17.3. The van der Waals surface area contributed by atoms with Gasteiger partial charge in [-0.2, -0.15) is 0 Å². The van der Waals surface area contributed by atoms with Gasteiger partial charge in [0.2, 0.25) is 11.6 Å². The third-order valence-electron chi connectivity index (χ3n) is 6.05. The van der Waals surface area contributed by atoms with E-state index in [1.54, 1.807) is 0 Å². The number of aryl methyl sites for hydroxylation is 1. The first-order valence-corrected chi connectivity index (χ1v) is 13.1. The van der Waals surface area contributed by atoms with E-state index in [0.29, 0.717) is 12.3 Å². The molecule has 172 valence electrons. The van der Waals surface area contributed by atoms with E-state index in [1.165, 1.54) is 82.7 Å². The van der Waals surface area contributed by atoms with Crippen LogP contribution in [-0.4, -0.2) is 23.1 Å². The molecule has 0 aliphatic carbocycles. The van der Waals surface area contributed by atoms with Gasteiger partial charge in [-0.25, -0.2) is 4.57 Å². The van der Waals surface area contributed by atoms with Gasteiger partial charge in [0.15, 0.2) is 11.6 Å². The number of aromatic nitrogens is 1. The lowest BCUT2D eigenvalue weighted by molar-refractivity contribution is -0.680. The SMILES string of the molecule is CCCCCCCCCCCCCCCC(=O)N1CCSC1c1cccc[n+]1C.[I-]. The van der Waals surface area contributed by atoms with Gasteiger partial charge in [-0.15, -0.1) is 11.8 Å². The van der Waals surface area contributed by atoms with Crippen LogP contribution in [0.3, 0.4) is 0 Å². The Hall–Kier alpha value is -0.300. The van der Waals surface area contributed by atoms with E-state index in [4.69, 9.17) is 0 Å². The van der Waals surface area contributed by atoms with Crippen LogP contribution < -0.4 is 28.5 Å². The maximum atomic E-state index is 12.7. The van der Waals surface area contributed by atoms with Gasteiger partial charge in [0.05, 0.1) is 0 Å². The summed E-state index contributed by atoms with van der Waals surface area (Å²) in [6.07, 6.45) is 20.3. The molecule has 2 rings (SSSR count). The molecule has 2 heterocycles. The molecule has 0 aromatic carbocycles. The average molecular weight is 547 g/mol. The third-order valence-corrected chi connectivity index (χ3v) is 7.28. The highest BCUT2D eigenvalue weighted by molar-refractivity contribution is 7.99. The second-order valence-electron chi connectivity index (χ2n) is 8.54. The predicted molar refractivity (Wildman–Crippen MR) is 125 cm³/mol. The van der Waals surface area contributed by atoms with E-state index in [-0.39, 0.29) is 29.4 Å². The van der Waals surface area contributed by atoms with Crippen molar-refractivity contribution in [3.05, 3.63) is 30.1 Å². The minimum absolute atomic E-state index is 0. The Kier molecular flexibility index (Phi) is 16.0. The maximum Gasteiger partial charge on any atom is 0.223 e. The summed E-state index contributed by atoms with van der Waals surface area (Å²) in [6, 6.07) is 6.26. The van der Waals surface area contributed by atoms with Crippen LogP contribution in [0.2, 0.25) is 0 Å². The van der Waals surface area contributed by atoms with Crippen LogP contribution in [0.4, 0.5) is 0 Å². The van der Waals surface area contributed by atoms with Crippen molar-refractivity contribution in [2.45, 2.75) is 102 Å². The Morgan fingerprint density at radius 3 is 2.10 bits per heavy atom. The van der Waals surface area contributed by atoms with Gasteiger partial charge < -0.3 is 28.9 Å². The van der Waals surface area contributed by atoms with E-state index in [2.05, 4.69) is 41.8 Å². The van der Waals surface area contributed by atoms with Crippen LogP contribution in [0.15, 0.2) is 24.4 Å². The summed E-state index contributed by atoms with van der Waals surface area (Å²) in [5.41, 5.74) is 1.23. The second-order valence-corrected chi connectivity index (χ2v) is 9.73. The smallest absolute Gasteiger partial charge is 0.223 e. The van der Waals surface area contributed by atoms with Gasteiger partial charge in [0, 0.05) is 30.9 Å². The Balaban J connectivity index is 0.00000450. The maximum absolute atomic E-state index is 12.7. The lowest BCUT2D eigenvalue weighted by Gasteiger charge is -2.22. The Morgan fingerprint density at radius 2 is 1.53 bits per heavy atom. The Bertz CT molecular complexity index is 584. The predicted octanol–water partition coefficient (Wildman–Crippen LogP) is 3.57. The number of carbonyl (C=O) groups excluding carboxylic acids is 1. The molecular formula is C25H43IN2OS. The largest absolute Gasteiger partial charge is 1.00 e. The summed E-state index contributed by atoms with van der Waals surface area (Å²) in [7, 11) is 2.07. The molecule has 0 N–H and O–H groups in total. The quantitative estimate of drug-likeness (QED) is 0.191. The summed E-state index contributed by atoms with van der Waals surface area (Å²) in [5, 5.41) is 0.190.